The van der Waals surface area contributed by atoms with Crippen LogP contribution in [0.3, 0.4) is 0 Å². The molecule has 3 aliphatic rings. The van der Waals surface area contributed by atoms with Gasteiger partial charge in [-0.2, -0.15) is 0 Å². The van der Waals surface area contributed by atoms with Crippen LogP contribution < -0.4 is 5.32 Å². The number of carbonyl (C=O) groups excluding carboxylic acids is 1. The Morgan fingerprint density at radius 3 is 2.83 bits per heavy atom. The van der Waals surface area contributed by atoms with E-state index < -0.39 is 0 Å². The van der Waals surface area contributed by atoms with Crippen molar-refractivity contribution in [2.24, 2.45) is 5.92 Å². The van der Waals surface area contributed by atoms with Crippen LogP contribution in [0.1, 0.15) is 53.4 Å². The highest BCUT2D eigenvalue weighted by atomic mass is 32.1. The van der Waals surface area contributed by atoms with Crippen LogP contribution in [0.25, 0.3) is 0 Å². The van der Waals surface area contributed by atoms with Gasteiger partial charge in [-0.1, -0.05) is 0 Å². The Kier molecular flexibility index (Phi) is 4.64. The SMILES string of the molecule is O=C(NC1CCN(CC2CCOC2)CC1)c1scnc1C1CC1. The Labute approximate surface area is 141 Å². The zero-order valence-corrected chi connectivity index (χ0v) is 14.3. The van der Waals surface area contributed by atoms with Gasteiger partial charge in [-0.15, -0.1) is 11.3 Å². The second kappa shape index (κ2) is 6.87. The van der Waals surface area contributed by atoms with Gasteiger partial charge in [-0.3, -0.25) is 4.79 Å². The fraction of sp³-hybridized carbons (Fsp3) is 0.765. The monoisotopic (exact) mass is 335 g/mol. The van der Waals surface area contributed by atoms with Gasteiger partial charge in [-0.25, -0.2) is 4.98 Å². The third-order valence-corrected chi connectivity index (χ3v) is 6.07. The molecule has 2 saturated heterocycles. The maximum atomic E-state index is 12.5. The number of nitrogens with zero attached hydrogens (tertiary/aromatic N) is 2. The van der Waals surface area contributed by atoms with Crippen LogP contribution >= 0.6 is 11.3 Å². The van der Waals surface area contributed by atoms with Gasteiger partial charge in [-0.05, 0) is 38.0 Å². The van der Waals surface area contributed by atoms with E-state index >= 15 is 0 Å². The number of aromatic nitrogens is 1. The van der Waals surface area contributed by atoms with Gasteiger partial charge < -0.3 is 15.0 Å². The Morgan fingerprint density at radius 2 is 2.13 bits per heavy atom. The first kappa shape index (κ1) is 15.5. The molecule has 1 aromatic heterocycles. The van der Waals surface area contributed by atoms with Gasteiger partial charge in [0.1, 0.15) is 4.88 Å². The smallest absolute Gasteiger partial charge is 0.263 e. The van der Waals surface area contributed by atoms with E-state index in [1.54, 1.807) is 0 Å². The molecular weight excluding hydrogens is 310 g/mol. The standard InChI is InChI=1S/C17H25N3O2S/c21-17(16-15(13-1-2-13)18-11-23-16)19-14-3-6-20(7-4-14)9-12-5-8-22-10-12/h11-14H,1-10H2,(H,19,21). The quantitative estimate of drug-likeness (QED) is 0.897. The highest BCUT2D eigenvalue weighted by Gasteiger charge is 2.31. The number of likely N-dealkylation sites (tertiary alicyclic amines) is 1. The van der Waals surface area contributed by atoms with Crippen molar-refractivity contribution in [1.82, 2.24) is 15.2 Å². The summed E-state index contributed by atoms with van der Waals surface area (Å²) in [6, 6.07) is 0.313. The molecule has 1 aliphatic carbocycles. The summed E-state index contributed by atoms with van der Waals surface area (Å²) in [4.78, 5) is 20.3. The zero-order valence-electron chi connectivity index (χ0n) is 13.5. The second-order valence-electron chi connectivity index (χ2n) is 7.12. The van der Waals surface area contributed by atoms with E-state index in [-0.39, 0.29) is 5.91 Å². The van der Waals surface area contributed by atoms with Crippen molar-refractivity contribution in [3.63, 3.8) is 0 Å². The lowest BCUT2D eigenvalue weighted by molar-refractivity contribution is 0.0906. The molecule has 0 aromatic carbocycles. The molecule has 0 spiro atoms. The average molecular weight is 335 g/mol. The second-order valence-corrected chi connectivity index (χ2v) is 7.97. The fourth-order valence-electron chi connectivity index (χ4n) is 3.68. The Morgan fingerprint density at radius 1 is 1.30 bits per heavy atom. The van der Waals surface area contributed by atoms with Crippen LogP contribution in [0.2, 0.25) is 0 Å². The molecule has 3 fully saturated rings. The Bertz CT molecular complexity index is 544. The first-order valence-corrected chi connectivity index (χ1v) is 9.72. The van der Waals surface area contributed by atoms with Crippen molar-refractivity contribution in [2.45, 2.75) is 44.1 Å². The number of piperidine rings is 1. The molecule has 5 nitrogen and oxygen atoms in total. The maximum absolute atomic E-state index is 12.5. The van der Waals surface area contributed by atoms with E-state index in [2.05, 4.69) is 15.2 Å². The number of ether oxygens (including phenoxy) is 1. The molecule has 2 aliphatic heterocycles. The van der Waals surface area contributed by atoms with Gasteiger partial charge in [0.05, 0.1) is 17.8 Å². The molecule has 126 valence electrons. The van der Waals surface area contributed by atoms with Gasteiger partial charge in [0.15, 0.2) is 0 Å². The van der Waals surface area contributed by atoms with Gasteiger partial charge in [0.2, 0.25) is 0 Å². The van der Waals surface area contributed by atoms with Crippen molar-refractivity contribution in [3.05, 3.63) is 16.1 Å². The van der Waals surface area contributed by atoms with Crippen LogP contribution in [0, 0.1) is 5.92 Å². The lowest BCUT2D eigenvalue weighted by Gasteiger charge is -2.33. The summed E-state index contributed by atoms with van der Waals surface area (Å²) < 4.78 is 5.46. The third-order valence-electron chi connectivity index (χ3n) is 5.23. The van der Waals surface area contributed by atoms with Gasteiger partial charge in [0, 0.05) is 38.2 Å². The van der Waals surface area contributed by atoms with Crippen LogP contribution in [0.5, 0.6) is 0 Å². The molecule has 0 bridgehead atoms. The van der Waals surface area contributed by atoms with E-state index in [1.165, 1.54) is 30.6 Å². The molecule has 1 atom stereocenters. The molecule has 1 N–H and O–H groups in total. The number of thiazole rings is 1. The summed E-state index contributed by atoms with van der Waals surface area (Å²) in [6.45, 7) is 5.17. The summed E-state index contributed by atoms with van der Waals surface area (Å²) in [7, 11) is 0. The summed E-state index contributed by atoms with van der Waals surface area (Å²) in [5, 5.41) is 3.24. The van der Waals surface area contributed by atoms with Gasteiger partial charge in [0.25, 0.3) is 5.91 Å². The van der Waals surface area contributed by atoms with E-state index in [4.69, 9.17) is 4.74 Å². The minimum atomic E-state index is 0.0945. The van der Waals surface area contributed by atoms with E-state index in [0.717, 1.165) is 56.3 Å². The molecule has 3 heterocycles. The van der Waals surface area contributed by atoms with E-state index in [0.29, 0.717) is 17.9 Å². The molecule has 1 saturated carbocycles. The topological polar surface area (TPSA) is 54.5 Å². The normalized spacial score (nSPS) is 26.5. The van der Waals surface area contributed by atoms with E-state index in [1.807, 2.05) is 5.51 Å². The highest BCUT2D eigenvalue weighted by Crippen LogP contribution is 2.41. The third kappa shape index (κ3) is 3.75. The predicted octanol–water partition coefficient (Wildman–Crippen LogP) is 2.25. The van der Waals surface area contributed by atoms with Crippen molar-refractivity contribution in [2.75, 3.05) is 32.8 Å². The summed E-state index contributed by atoms with van der Waals surface area (Å²) >= 11 is 1.49. The Hall–Kier alpha value is -0.980. The molecule has 1 unspecified atom stereocenters. The molecule has 1 aromatic rings. The molecule has 23 heavy (non-hydrogen) atoms. The van der Waals surface area contributed by atoms with Crippen molar-refractivity contribution in [3.8, 4) is 0 Å². The van der Waals surface area contributed by atoms with Crippen LogP contribution in [0.4, 0.5) is 0 Å². The fourth-order valence-corrected chi connectivity index (χ4v) is 4.45. The minimum Gasteiger partial charge on any atom is -0.381 e. The zero-order chi connectivity index (χ0) is 15.6. The van der Waals surface area contributed by atoms with Crippen LogP contribution in [-0.4, -0.2) is 54.7 Å². The molecule has 4 rings (SSSR count). The largest absolute Gasteiger partial charge is 0.381 e. The van der Waals surface area contributed by atoms with Gasteiger partial charge >= 0.3 is 0 Å². The minimum absolute atomic E-state index is 0.0945. The van der Waals surface area contributed by atoms with Crippen molar-refractivity contribution >= 4 is 17.2 Å². The first-order chi connectivity index (χ1) is 11.3. The van der Waals surface area contributed by atoms with Crippen molar-refractivity contribution in [1.29, 1.82) is 0 Å². The predicted molar refractivity (Wildman–Crippen MR) is 89.9 cm³/mol. The lowest BCUT2D eigenvalue weighted by Crippen LogP contribution is -2.45. The number of nitrogens with one attached hydrogen (secondary N) is 1. The number of hydrogen-bond donors (Lipinski definition) is 1. The molecule has 6 heteroatoms. The summed E-state index contributed by atoms with van der Waals surface area (Å²) in [5.41, 5.74) is 2.85. The maximum Gasteiger partial charge on any atom is 0.263 e. The number of rotatable bonds is 5. The number of hydrogen-bond acceptors (Lipinski definition) is 5. The first-order valence-electron chi connectivity index (χ1n) is 8.84. The summed E-state index contributed by atoms with van der Waals surface area (Å²) in [6.07, 6.45) is 5.68. The molecular formula is C17H25N3O2S. The molecule has 0 radical (unpaired) electrons. The number of amides is 1. The molecule has 1 amide bonds. The van der Waals surface area contributed by atoms with Crippen LogP contribution in [-0.2, 0) is 4.74 Å². The lowest BCUT2D eigenvalue weighted by atomic mass is 10.0. The average Bonchev–Trinajstić information content (AvgIpc) is 3.07. The summed E-state index contributed by atoms with van der Waals surface area (Å²) in [5.74, 6) is 1.34. The Balaban J connectivity index is 1.25. The van der Waals surface area contributed by atoms with E-state index in [9.17, 15) is 4.79 Å². The number of carbonyl (C=O) groups is 1. The van der Waals surface area contributed by atoms with Crippen LogP contribution in [0.15, 0.2) is 5.51 Å². The highest BCUT2D eigenvalue weighted by molar-refractivity contribution is 7.11. The van der Waals surface area contributed by atoms with Crippen molar-refractivity contribution < 1.29 is 9.53 Å².